The molecule has 0 fully saturated rings. The highest BCUT2D eigenvalue weighted by Crippen LogP contribution is 2.26. The summed E-state index contributed by atoms with van der Waals surface area (Å²) in [5.74, 6) is -1.04. The third kappa shape index (κ3) is 16.3. The SMILES string of the molecule is CCCCC/C=C/C(C)=C/C1C[C@H](C)C/C=C/CC[C@H](O)C(OC(N)=O)CC[C@H](C)C[C@@H](OC(N)=O)[C@@H](C)C(=O)O1. The van der Waals surface area contributed by atoms with E-state index in [4.69, 9.17) is 25.7 Å². The molecule has 9 nitrogen and oxygen atoms in total. The van der Waals surface area contributed by atoms with E-state index in [1.807, 2.05) is 26.0 Å². The molecule has 2 unspecified atom stereocenters. The lowest BCUT2D eigenvalue weighted by Crippen LogP contribution is -2.37. The van der Waals surface area contributed by atoms with Crippen molar-refractivity contribution in [2.24, 2.45) is 29.2 Å². The lowest BCUT2D eigenvalue weighted by Gasteiger charge is -2.28. The second-order valence-electron chi connectivity index (χ2n) is 11.6. The number of rotatable bonds is 8. The van der Waals surface area contributed by atoms with Gasteiger partial charge < -0.3 is 30.8 Å². The monoisotopic (exact) mass is 578 g/mol. The minimum absolute atomic E-state index is 0.0460. The van der Waals surface area contributed by atoms with E-state index in [9.17, 15) is 19.5 Å². The van der Waals surface area contributed by atoms with E-state index >= 15 is 0 Å². The molecule has 0 aromatic rings. The number of carbonyl (C=O) groups excluding carboxylic acids is 3. The van der Waals surface area contributed by atoms with Crippen molar-refractivity contribution in [1.82, 2.24) is 0 Å². The Hall–Kier alpha value is -2.81. The molecule has 1 aliphatic heterocycles. The number of carbonyl (C=O) groups is 3. The summed E-state index contributed by atoms with van der Waals surface area (Å²) in [7, 11) is 0. The van der Waals surface area contributed by atoms with Crippen molar-refractivity contribution in [2.75, 3.05) is 0 Å². The van der Waals surface area contributed by atoms with Gasteiger partial charge in [0.05, 0.1) is 12.0 Å². The average Bonchev–Trinajstić information content (AvgIpc) is 2.88. The fourth-order valence-electron chi connectivity index (χ4n) is 5.03. The minimum atomic E-state index is -0.963. The van der Waals surface area contributed by atoms with Crippen LogP contribution in [0.25, 0.3) is 0 Å². The van der Waals surface area contributed by atoms with Gasteiger partial charge in [0.25, 0.3) is 0 Å². The van der Waals surface area contributed by atoms with Crippen molar-refractivity contribution in [3.05, 3.63) is 36.0 Å². The Morgan fingerprint density at radius 3 is 2.34 bits per heavy atom. The predicted octanol–water partition coefficient (Wildman–Crippen LogP) is 6.48. The number of hydrogen-bond donors (Lipinski definition) is 3. The van der Waals surface area contributed by atoms with Crippen LogP contribution in [-0.2, 0) is 19.0 Å². The Kier molecular flexibility index (Phi) is 17.8. The molecule has 0 aromatic carbocycles. The predicted molar refractivity (Wildman–Crippen MR) is 161 cm³/mol. The molecule has 9 heteroatoms. The molecule has 1 rings (SSSR count). The van der Waals surface area contributed by atoms with Crippen molar-refractivity contribution >= 4 is 18.2 Å². The Morgan fingerprint density at radius 2 is 1.68 bits per heavy atom. The Labute approximate surface area is 246 Å². The van der Waals surface area contributed by atoms with Gasteiger partial charge in [0.15, 0.2) is 0 Å². The largest absolute Gasteiger partial charge is 0.458 e. The molecule has 234 valence electrons. The van der Waals surface area contributed by atoms with Gasteiger partial charge in [-0.3, -0.25) is 4.79 Å². The number of aliphatic hydroxyl groups is 1. The number of unbranched alkanes of at least 4 members (excludes halogenated alkanes) is 3. The van der Waals surface area contributed by atoms with Crippen molar-refractivity contribution in [3.63, 3.8) is 0 Å². The highest BCUT2D eigenvalue weighted by Gasteiger charge is 2.32. The van der Waals surface area contributed by atoms with Crippen LogP contribution >= 0.6 is 0 Å². The highest BCUT2D eigenvalue weighted by atomic mass is 16.6. The number of esters is 1. The van der Waals surface area contributed by atoms with Crippen LogP contribution < -0.4 is 11.5 Å². The van der Waals surface area contributed by atoms with E-state index in [0.717, 1.165) is 24.8 Å². The lowest BCUT2D eigenvalue weighted by atomic mass is 9.90. The minimum Gasteiger partial charge on any atom is -0.458 e. The molecular weight excluding hydrogens is 524 g/mol. The van der Waals surface area contributed by atoms with Gasteiger partial charge in [0.1, 0.15) is 18.3 Å². The summed E-state index contributed by atoms with van der Waals surface area (Å²) < 4.78 is 16.6. The number of aliphatic hydroxyl groups excluding tert-OH is 1. The van der Waals surface area contributed by atoms with Gasteiger partial charge in [0.2, 0.25) is 0 Å². The Morgan fingerprint density at radius 1 is 1.00 bits per heavy atom. The van der Waals surface area contributed by atoms with Crippen molar-refractivity contribution in [2.45, 2.75) is 130 Å². The summed E-state index contributed by atoms with van der Waals surface area (Å²) in [5, 5.41) is 10.7. The van der Waals surface area contributed by atoms with Crippen LogP contribution in [0.4, 0.5) is 9.59 Å². The van der Waals surface area contributed by atoms with Crippen LogP contribution in [0.3, 0.4) is 0 Å². The van der Waals surface area contributed by atoms with Gasteiger partial charge in [-0.05, 0) is 89.5 Å². The van der Waals surface area contributed by atoms with Gasteiger partial charge in [-0.2, -0.15) is 0 Å². The molecule has 0 aromatic heterocycles. The van der Waals surface area contributed by atoms with E-state index in [0.29, 0.717) is 38.5 Å². The molecule has 0 saturated carbocycles. The molecule has 2 amide bonds. The maximum Gasteiger partial charge on any atom is 0.404 e. The number of hydrogen-bond acceptors (Lipinski definition) is 7. The zero-order chi connectivity index (χ0) is 30.8. The average molecular weight is 579 g/mol. The molecule has 0 radical (unpaired) electrons. The summed E-state index contributed by atoms with van der Waals surface area (Å²) in [6, 6.07) is 0. The van der Waals surface area contributed by atoms with Crippen molar-refractivity contribution < 1.29 is 33.7 Å². The van der Waals surface area contributed by atoms with Crippen LogP contribution in [0.1, 0.15) is 105 Å². The summed E-state index contributed by atoms with van der Waals surface area (Å²) in [4.78, 5) is 36.5. The summed E-state index contributed by atoms with van der Waals surface area (Å²) >= 11 is 0. The van der Waals surface area contributed by atoms with Gasteiger partial charge in [-0.1, -0.05) is 63.5 Å². The lowest BCUT2D eigenvalue weighted by molar-refractivity contribution is -0.156. The Balaban J connectivity index is 3.20. The molecule has 7 atom stereocenters. The fourth-order valence-corrected chi connectivity index (χ4v) is 5.03. The number of allylic oxidation sites excluding steroid dienone is 5. The molecule has 0 bridgehead atoms. The first-order valence-corrected chi connectivity index (χ1v) is 15.2. The van der Waals surface area contributed by atoms with Crippen LogP contribution in [-0.4, -0.2) is 47.7 Å². The zero-order valence-electron chi connectivity index (χ0n) is 25.8. The second-order valence-corrected chi connectivity index (χ2v) is 11.6. The quantitative estimate of drug-likeness (QED) is 0.0980. The molecule has 41 heavy (non-hydrogen) atoms. The first-order valence-electron chi connectivity index (χ1n) is 15.2. The molecule has 1 heterocycles. The molecule has 5 N–H and O–H groups in total. The van der Waals surface area contributed by atoms with Crippen molar-refractivity contribution in [3.8, 4) is 0 Å². The molecule has 1 aliphatic rings. The maximum absolute atomic E-state index is 13.3. The van der Waals surface area contributed by atoms with Crippen LogP contribution in [0, 0.1) is 17.8 Å². The highest BCUT2D eigenvalue weighted by molar-refractivity contribution is 5.74. The summed E-state index contributed by atoms with van der Waals surface area (Å²) in [5.41, 5.74) is 11.6. The Bertz CT molecular complexity index is 885. The van der Waals surface area contributed by atoms with E-state index in [1.165, 1.54) is 12.8 Å². The van der Waals surface area contributed by atoms with Crippen LogP contribution in [0.5, 0.6) is 0 Å². The fraction of sp³-hybridized carbons (Fsp3) is 0.719. The van der Waals surface area contributed by atoms with Crippen LogP contribution in [0.2, 0.25) is 0 Å². The number of ether oxygens (including phenoxy) is 3. The third-order valence-electron chi connectivity index (χ3n) is 7.51. The maximum atomic E-state index is 13.3. The summed E-state index contributed by atoms with van der Waals surface area (Å²) in [6.45, 7) is 9.90. The smallest absolute Gasteiger partial charge is 0.404 e. The van der Waals surface area contributed by atoms with Gasteiger partial charge in [0, 0.05) is 0 Å². The van der Waals surface area contributed by atoms with Gasteiger partial charge >= 0.3 is 18.2 Å². The first kappa shape index (κ1) is 36.2. The van der Waals surface area contributed by atoms with E-state index in [-0.39, 0.29) is 11.8 Å². The summed E-state index contributed by atoms with van der Waals surface area (Å²) in [6.07, 6.45) is 13.8. The molecular formula is C32H54N2O7. The number of nitrogens with two attached hydrogens (primary N) is 2. The zero-order valence-corrected chi connectivity index (χ0v) is 25.8. The van der Waals surface area contributed by atoms with Gasteiger partial charge in [-0.15, -0.1) is 0 Å². The van der Waals surface area contributed by atoms with Crippen molar-refractivity contribution in [1.29, 1.82) is 0 Å². The molecule has 0 spiro atoms. The van der Waals surface area contributed by atoms with E-state index < -0.39 is 48.5 Å². The number of amides is 2. The number of primary amides is 2. The topological polar surface area (TPSA) is 151 Å². The normalized spacial score (nSPS) is 30.5. The van der Waals surface area contributed by atoms with Crippen LogP contribution in [0.15, 0.2) is 36.0 Å². The second kappa shape index (κ2) is 20.1. The third-order valence-corrected chi connectivity index (χ3v) is 7.51. The van der Waals surface area contributed by atoms with E-state index in [1.54, 1.807) is 6.92 Å². The number of cyclic esters (lactones) is 1. The van der Waals surface area contributed by atoms with Gasteiger partial charge in [-0.25, -0.2) is 9.59 Å². The standard InChI is InChI=1S/C32H54N2O7/c1-6-7-8-9-11-14-22(2)19-26-20-23(3)15-12-10-13-16-27(35)28(40-31(33)37)18-17-24(4)21-29(41-32(34)38)25(5)30(36)39-26/h10-12,14,19,23-29,35H,6-9,13,15-18,20-21H2,1-5H3,(H2,33,37)(H2,34,38)/b12-10+,14-11+,22-19+/t23-,24+,25-,26?,27+,28?,29-/m1/s1. The molecule has 0 saturated heterocycles. The molecule has 0 aliphatic carbocycles. The van der Waals surface area contributed by atoms with E-state index in [2.05, 4.69) is 32.1 Å². The first-order chi connectivity index (χ1) is 19.4.